The van der Waals surface area contributed by atoms with E-state index in [1.807, 2.05) is 0 Å². The average Bonchev–Trinajstić information content (AvgIpc) is 2.74. The van der Waals surface area contributed by atoms with Crippen molar-refractivity contribution in [3.8, 4) is 11.5 Å². The van der Waals surface area contributed by atoms with Crippen LogP contribution in [0.3, 0.4) is 0 Å². The van der Waals surface area contributed by atoms with Crippen LogP contribution in [0.2, 0.25) is 5.02 Å². The SMILES string of the molecule is C=CCN(CC=C)P(=O)(OCC(=O)OCC)c1ccc(Oc2ccc(Cl)cc2)cc1. The van der Waals surface area contributed by atoms with E-state index in [0.717, 1.165) is 0 Å². The van der Waals surface area contributed by atoms with Gasteiger partial charge in [0.05, 0.1) is 11.9 Å². The molecule has 0 aromatic heterocycles. The normalized spacial score (nSPS) is 12.8. The van der Waals surface area contributed by atoms with Crippen LogP contribution in [0.4, 0.5) is 0 Å². The Kier molecular flexibility index (Phi) is 9.34. The number of rotatable bonds is 12. The van der Waals surface area contributed by atoms with Gasteiger partial charge in [-0.15, -0.1) is 13.2 Å². The fraction of sp³-hybridized carbons (Fsp3) is 0.227. The van der Waals surface area contributed by atoms with E-state index in [1.54, 1.807) is 72.3 Å². The molecule has 0 aliphatic heterocycles. The monoisotopic (exact) mass is 449 g/mol. The summed E-state index contributed by atoms with van der Waals surface area (Å²) >= 11 is 5.89. The van der Waals surface area contributed by atoms with Crippen LogP contribution in [-0.2, 0) is 18.6 Å². The zero-order valence-electron chi connectivity index (χ0n) is 16.8. The van der Waals surface area contributed by atoms with Crippen LogP contribution >= 0.6 is 19.1 Å². The van der Waals surface area contributed by atoms with Crippen molar-refractivity contribution in [2.45, 2.75) is 6.92 Å². The Bertz CT molecular complexity index is 889. The zero-order valence-corrected chi connectivity index (χ0v) is 18.5. The lowest BCUT2D eigenvalue weighted by molar-refractivity contribution is -0.145. The van der Waals surface area contributed by atoms with Crippen molar-refractivity contribution >= 4 is 30.4 Å². The summed E-state index contributed by atoms with van der Waals surface area (Å²) in [5, 5.41) is 1.03. The Morgan fingerprint density at radius 3 is 2.07 bits per heavy atom. The maximum Gasteiger partial charge on any atom is 0.332 e. The molecule has 6 nitrogen and oxygen atoms in total. The number of halogens is 1. The molecule has 160 valence electrons. The van der Waals surface area contributed by atoms with Gasteiger partial charge in [0.2, 0.25) is 0 Å². The van der Waals surface area contributed by atoms with Gasteiger partial charge in [0, 0.05) is 18.1 Å². The van der Waals surface area contributed by atoms with Gasteiger partial charge in [-0.25, -0.2) is 9.46 Å². The Hall–Kier alpha value is -2.37. The maximum absolute atomic E-state index is 13.9. The number of ether oxygens (including phenoxy) is 2. The van der Waals surface area contributed by atoms with E-state index in [0.29, 0.717) is 21.8 Å². The highest BCUT2D eigenvalue weighted by Gasteiger charge is 2.34. The highest BCUT2D eigenvalue weighted by Crippen LogP contribution is 2.49. The highest BCUT2D eigenvalue weighted by molar-refractivity contribution is 7.64. The third kappa shape index (κ3) is 6.57. The summed E-state index contributed by atoms with van der Waals surface area (Å²) in [4.78, 5) is 11.8. The van der Waals surface area contributed by atoms with Crippen LogP contribution in [0.25, 0.3) is 0 Å². The predicted molar refractivity (Wildman–Crippen MR) is 120 cm³/mol. The fourth-order valence-electron chi connectivity index (χ4n) is 2.59. The lowest BCUT2D eigenvalue weighted by Crippen LogP contribution is -2.29. The van der Waals surface area contributed by atoms with Gasteiger partial charge >= 0.3 is 13.5 Å². The second kappa shape index (κ2) is 11.7. The molecule has 8 heteroatoms. The summed E-state index contributed by atoms with van der Waals surface area (Å²) in [6, 6.07) is 13.6. The molecule has 2 aromatic carbocycles. The molecular weight excluding hydrogens is 425 g/mol. The van der Waals surface area contributed by atoms with Crippen molar-refractivity contribution in [3.63, 3.8) is 0 Å². The smallest absolute Gasteiger partial charge is 0.332 e. The standard InChI is InChI=1S/C22H25ClNO5P/c1-4-15-24(16-5-2)30(26,28-17-22(25)27-6-3)21-13-11-20(12-14-21)29-19-9-7-18(23)8-10-19/h4-5,7-14H,1-2,6,15-17H2,3H3. The molecular formula is C22H25ClNO5P. The highest BCUT2D eigenvalue weighted by atomic mass is 35.5. The number of carbonyl (C=O) groups excluding carboxylic acids is 1. The van der Waals surface area contributed by atoms with E-state index in [1.165, 1.54) is 0 Å². The van der Waals surface area contributed by atoms with Crippen molar-refractivity contribution in [3.05, 3.63) is 78.9 Å². The van der Waals surface area contributed by atoms with E-state index in [-0.39, 0.29) is 19.7 Å². The molecule has 0 fully saturated rings. The molecule has 0 N–H and O–H groups in total. The number of hydrogen-bond donors (Lipinski definition) is 0. The minimum absolute atomic E-state index is 0.215. The van der Waals surface area contributed by atoms with E-state index >= 15 is 0 Å². The number of hydrogen-bond acceptors (Lipinski definition) is 5. The lowest BCUT2D eigenvalue weighted by atomic mass is 10.3. The zero-order chi connectivity index (χ0) is 22.0. The second-order valence-electron chi connectivity index (χ2n) is 6.10. The first kappa shape index (κ1) is 23.9. The van der Waals surface area contributed by atoms with E-state index in [9.17, 15) is 9.36 Å². The number of benzene rings is 2. The summed E-state index contributed by atoms with van der Waals surface area (Å²) in [6.45, 7) is 9.47. The quantitative estimate of drug-likeness (QED) is 0.252. The molecule has 0 saturated heterocycles. The average molecular weight is 450 g/mol. The molecule has 1 atom stereocenters. The van der Waals surface area contributed by atoms with Crippen molar-refractivity contribution in [2.75, 3.05) is 26.3 Å². The van der Waals surface area contributed by atoms with Gasteiger partial charge in [-0.3, -0.25) is 4.57 Å². The Morgan fingerprint density at radius 2 is 1.57 bits per heavy atom. The summed E-state index contributed by atoms with van der Waals surface area (Å²) < 4.78 is 31.7. The fourth-order valence-corrected chi connectivity index (χ4v) is 4.82. The van der Waals surface area contributed by atoms with Crippen molar-refractivity contribution in [1.29, 1.82) is 0 Å². The van der Waals surface area contributed by atoms with E-state index < -0.39 is 20.1 Å². The number of carbonyl (C=O) groups is 1. The number of nitrogens with zero attached hydrogens (tertiary/aromatic N) is 1. The third-order valence-electron chi connectivity index (χ3n) is 3.93. The molecule has 0 radical (unpaired) electrons. The van der Waals surface area contributed by atoms with E-state index in [4.69, 9.17) is 25.6 Å². The van der Waals surface area contributed by atoms with Gasteiger partial charge in [0.1, 0.15) is 11.5 Å². The second-order valence-corrected chi connectivity index (χ2v) is 8.92. The Morgan fingerprint density at radius 1 is 1.03 bits per heavy atom. The summed E-state index contributed by atoms with van der Waals surface area (Å²) in [6.07, 6.45) is 3.23. The molecule has 1 unspecified atom stereocenters. The van der Waals surface area contributed by atoms with Crippen molar-refractivity contribution < 1.29 is 23.4 Å². The van der Waals surface area contributed by atoms with Crippen molar-refractivity contribution in [2.24, 2.45) is 0 Å². The van der Waals surface area contributed by atoms with Gasteiger partial charge in [0.25, 0.3) is 0 Å². The molecule has 0 heterocycles. The summed E-state index contributed by atoms with van der Waals surface area (Å²) in [5.74, 6) is 0.586. The van der Waals surface area contributed by atoms with Gasteiger partial charge in [-0.2, -0.15) is 0 Å². The molecule has 0 spiro atoms. The maximum atomic E-state index is 13.9. The Balaban J connectivity index is 2.28. The topological polar surface area (TPSA) is 65.1 Å². The summed E-state index contributed by atoms with van der Waals surface area (Å²) in [7, 11) is -3.58. The molecule has 2 rings (SSSR count). The van der Waals surface area contributed by atoms with Gasteiger partial charge < -0.3 is 14.0 Å². The van der Waals surface area contributed by atoms with Gasteiger partial charge in [-0.1, -0.05) is 23.8 Å². The first-order valence-electron chi connectivity index (χ1n) is 9.34. The third-order valence-corrected chi connectivity index (χ3v) is 6.68. The van der Waals surface area contributed by atoms with Crippen LogP contribution in [-0.4, -0.2) is 36.9 Å². The molecule has 0 amide bonds. The molecule has 0 aliphatic carbocycles. The predicted octanol–water partition coefficient (Wildman–Crippen LogP) is 5.20. The van der Waals surface area contributed by atoms with E-state index in [2.05, 4.69) is 13.2 Å². The van der Waals surface area contributed by atoms with Crippen LogP contribution in [0, 0.1) is 0 Å². The molecule has 0 bridgehead atoms. The lowest BCUT2D eigenvalue weighted by Gasteiger charge is -2.29. The van der Waals surface area contributed by atoms with Gasteiger partial charge in [-0.05, 0) is 55.5 Å². The summed E-state index contributed by atoms with van der Waals surface area (Å²) in [5.41, 5.74) is 0. The largest absolute Gasteiger partial charge is 0.464 e. The van der Waals surface area contributed by atoms with Crippen LogP contribution < -0.4 is 10.0 Å². The molecule has 0 saturated carbocycles. The first-order chi connectivity index (χ1) is 14.4. The van der Waals surface area contributed by atoms with Crippen LogP contribution in [0.5, 0.6) is 11.5 Å². The molecule has 0 aliphatic rings. The molecule has 2 aromatic rings. The minimum Gasteiger partial charge on any atom is -0.464 e. The first-order valence-corrected chi connectivity index (χ1v) is 11.3. The minimum atomic E-state index is -3.58. The van der Waals surface area contributed by atoms with Crippen LogP contribution in [0.1, 0.15) is 6.92 Å². The Labute approximate surface area is 182 Å². The van der Waals surface area contributed by atoms with Crippen LogP contribution in [0.15, 0.2) is 73.8 Å². The molecule has 30 heavy (non-hydrogen) atoms. The van der Waals surface area contributed by atoms with Crippen molar-refractivity contribution in [1.82, 2.24) is 4.67 Å². The number of esters is 1. The van der Waals surface area contributed by atoms with Gasteiger partial charge in [0.15, 0.2) is 6.61 Å².